The summed E-state index contributed by atoms with van der Waals surface area (Å²) in [6.45, 7) is 2.14. The highest BCUT2D eigenvalue weighted by Gasteiger charge is 1.84. The second-order valence-electron chi connectivity index (χ2n) is 1.66. The average molecular weight is 128 g/mol. The van der Waals surface area contributed by atoms with Gasteiger partial charge in [-0.2, -0.15) is 11.3 Å². The van der Waals surface area contributed by atoms with Gasteiger partial charge in [-0.05, 0) is 17.5 Å². The largest absolute Gasteiger partial charge is 0.151 e. The lowest BCUT2D eigenvalue weighted by atomic mass is 10.5. The van der Waals surface area contributed by atoms with E-state index in [1.165, 1.54) is 19.6 Å². The molecule has 0 aliphatic heterocycles. The molecule has 0 aliphatic carbocycles. The zero-order valence-corrected chi connectivity index (χ0v) is 7.38. The first-order chi connectivity index (χ1) is 3.29. The Morgan fingerprint density at radius 3 is 2.43 bits per heavy atom. The normalized spacial score (nSPS) is 9.86. The first-order valence-corrected chi connectivity index (χ1v) is 4.14. The van der Waals surface area contributed by atoms with Gasteiger partial charge < -0.3 is 0 Å². The van der Waals surface area contributed by atoms with E-state index in [2.05, 4.69) is 19.1 Å². The standard InChI is InChI=1S/C5H8SSi/c1-4-2-3-5(7)6-4/h2-3H,1,7H3. The van der Waals surface area contributed by atoms with Crippen LogP contribution in [-0.4, -0.2) is 10.2 Å². The molecule has 0 saturated carbocycles. The Kier molecular flexibility index (Phi) is 1.30. The number of hydrogen-bond donors (Lipinski definition) is 0. The topological polar surface area (TPSA) is 0 Å². The second kappa shape index (κ2) is 1.80. The lowest BCUT2D eigenvalue weighted by Gasteiger charge is -1.71. The van der Waals surface area contributed by atoms with Crippen LogP contribution in [-0.2, 0) is 0 Å². The average Bonchev–Trinajstić information content (AvgIpc) is 1.87. The summed E-state index contributed by atoms with van der Waals surface area (Å²) in [6, 6.07) is 4.37. The van der Waals surface area contributed by atoms with Crippen LogP contribution in [0.3, 0.4) is 0 Å². The SMILES string of the molecule is Cc1ccc([SiH3])s1. The number of aryl methyl sites for hydroxylation is 1. The van der Waals surface area contributed by atoms with E-state index in [-0.39, 0.29) is 0 Å². The van der Waals surface area contributed by atoms with Crippen molar-refractivity contribution in [3.63, 3.8) is 0 Å². The smallest absolute Gasteiger partial charge is 0.0514 e. The minimum atomic E-state index is 1.21. The molecule has 0 aliphatic rings. The molecule has 0 aromatic carbocycles. The van der Waals surface area contributed by atoms with E-state index in [9.17, 15) is 0 Å². The van der Waals surface area contributed by atoms with Crippen LogP contribution in [0.1, 0.15) is 4.88 Å². The summed E-state index contributed by atoms with van der Waals surface area (Å²) in [4.78, 5) is 1.44. The maximum absolute atomic E-state index is 2.20. The zero-order valence-electron chi connectivity index (χ0n) is 4.56. The third-order valence-corrected chi connectivity index (χ3v) is 2.74. The number of thiophene rings is 1. The van der Waals surface area contributed by atoms with Crippen molar-refractivity contribution < 1.29 is 0 Å². The molecule has 0 unspecified atom stereocenters. The molecular formula is C5H8SSi. The van der Waals surface area contributed by atoms with E-state index < -0.39 is 0 Å². The summed E-state index contributed by atoms with van der Waals surface area (Å²) in [5, 5.41) is 0. The van der Waals surface area contributed by atoms with Crippen molar-refractivity contribution in [3.8, 4) is 0 Å². The van der Waals surface area contributed by atoms with Gasteiger partial charge >= 0.3 is 0 Å². The molecule has 0 nitrogen and oxygen atoms in total. The van der Waals surface area contributed by atoms with Crippen LogP contribution >= 0.6 is 11.3 Å². The van der Waals surface area contributed by atoms with E-state index in [0.717, 1.165) is 0 Å². The van der Waals surface area contributed by atoms with Crippen molar-refractivity contribution in [2.45, 2.75) is 6.92 Å². The Morgan fingerprint density at radius 2 is 2.29 bits per heavy atom. The molecule has 0 spiro atoms. The molecule has 1 aromatic heterocycles. The summed E-state index contributed by atoms with van der Waals surface area (Å²) < 4.78 is 1.54. The third kappa shape index (κ3) is 1.14. The fourth-order valence-corrected chi connectivity index (χ4v) is 2.47. The molecule has 0 N–H and O–H groups in total. The summed E-state index contributed by atoms with van der Waals surface area (Å²) in [7, 11) is 1.21. The van der Waals surface area contributed by atoms with Gasteiger partial charge in [0.05, 0.1) is 10.2 Å². The van der Waals surface area contributed by atoms with Gasteiger partial charge in [-0.3, -0.25) is 0 Å². The van der Waals surface area contributed by atoms with Gasteiger partial charge in [0.1, 0.15) is 0 Å². The van der Waals surface area contributed by atoms with Gasteiger partial charge in [0.15, 0.2) is 0 Å². The van der Waals surface area contributed by atoms with Crippen molar-refractivity contribution in [1.82, 2.24) is 0 Å². The fourth-order valence-electron chi connectivity index (χ4n) is 0.557. The third-order valence-electron chi connectivity index (χ3n) is 0.875. The molecule has 2 heteroatoms. The molecule has 0 saturated heterocycles. The van der Waals surface area contributed by atoms with Gasteiger partial charge in [0.2, 0.25) is 0 Å². The van der Waals surface area contributed by atoms with E-state index in [0.29, 0.717) is 0 Å². The number of rotatable bonds is 0. The maximum Gasteiger partial charge on any atom is 0.0514 e. The molecule has 38 valence electrons. The van der Waals surface area contributed by atoms with E-state index in [1.54, 1.807) is 0 Å². The molecule has 0 atom stereocenters. The monoisotopic (exact) mass is 128 g/mol. The lowest BCUT2D eigenvalue weighted by molar-refractivity contribution is 1.64. The maximum atomic E-state index is 2.20. The van der Waals surface area contributed by atoms with Gasteiger partial charge in [0, 0.05) is 4.88 Å². The lowest BCUT2D eigenvalue weighted by Crippen LogP contribution is -1.88. The van der Waals surface area contributed by atoms with Crippen molar-refractivity contribution in [2.75, 3.05) is 0 Å². The molecule has 0 fully saturated rings. The highest BCUT2D eigenvalue weighted by molar-refractivity contribution is 7.19. The van der Waals surface area contributed by atoms with Crippen LogP contribution in [0.25, 0.3) is 0 Å². The van der Waals surface area contributed by atoms with Crippen molar-refractivity contribution in [2.24, 2.45) is 0 Å². The van der Waals surface area contributed by atoms with Crippen LogP contribution in [0.2, 0.25) is 0 Å². The number of hydrogen-bond acceptors (Lipinski definition) is 1. The highest BCUT2D eigenvalue weighted by Crippen LogP contribution is 2.00. The van der Waals surface area contributed by atoms with Crippen LogP contribution in [0, 0.1) is 6.92 Å². The highest BCUT2D eigenvalue weighted by atomic mass is 32.1. The minimum absolute atomic E-state index is 1.21. The summed E-state index contributed by atoms with van der Waals surface area (Å²) >= 11 is 1.90. The van der Waals surface area contributed by atoms with Gasteiger partial charge in [-0.25, -0.2) is 0 Å². The Labute approximate surface area is 50.6 Å². The van der Waals surface area contributed by atoms with E-state index >= 15 is 0 Å². The quantitative estimate of drug-likeness (QED) is 0.433. The second-order valence-corrected chi connectivity index (χ2v) is 4.95. The Morgan fingerprint density at radius 1 is 1.57 bits per heavy atom. The van der Waals surface area contributed by atoms with Crippen LogP contribution in [0.15, 0.2) is 12.1 Å². The summed E-state index contributed by atoms with van der Waals surface area (Å²) in [6.07, 6.45) is 0. The van der Waals surface area contributed by atoms with Gasteiger partial charge in [-0.1, -0.05) is 6.07 Å². The molecule has 1 rings (SSSR count). The zero-order chi connectivity index (χ0) is 5.28. The predicted octanol–water partition coefficient (Wildman–Crippen LogP) is 0.0472. The minimum Gasteiger partial charge on any atom is -0.151 e. The summed E-state index contributed by atoms with van der Waals surface area (Å²) in [5.74, 6) is 0. The predicted molar refractivity (Wildman–Crippen MR) is 38.6 cm³/mol. The Bertz CT molecular complexity index is 140. The molecular weight excluding hydrogens is 120 g/mol. The van der Waals surface area contributed by atoms with Crippen LogP contribution in [0.4, 0.5) is 0 Å². The first-order valence-electron chi connectivity index (χ1n) is 2.32. The fraction of sp³-hybridized carbons (Fsp3) is 0.200. The molecule has 7 heavy (non-hydrogen) atoms. The molecule has 1 aromatic rings. The Hall–Kier alpha value is -0.0831. The Balaban J connectivity index is 3.04. The van der Waals surface area contributed by atoms with E-state index in [1.807, 2.05) is 11.3 Å². The van der Waals surface area contributed by atoms with Crippen molar-refractivity contribution in [3.05, 3.63) is 17.0 Å². The molecule has 0 radical (unpaired) electrons. The molecule has 1 heterocycles. The van der Waals surface area contributed by atoms with E-state index in [4.69, 9.17) is 0 Å². The summed E-state index contributed by atoms with van der Waals surface area (Å²) in [5.41, 5.74) is 0. The van der Waals surface area contributed by atoms with Gasteiger partial charge in [0.25, 0.3) is 0 Å². The van der Waals surface area contributed by atoms with Crippen LogP contribution in [0.5, 0.6) is 0 Å². The van der Waals surface area contributed by atoms with Gasteiger partial charge in [-0.15, -0.1) is 0 Å². The van der Waals surface area contributed by atoms with Crippen molar-refractivity contribution in [1.29, 1.82) is 0 Å². The first kappa shape index (κ1) is 5.06. The molecule has 0 amide bonds. The van der Waals surface area contributed by atoms with Crippen LogP contribution < -0.4 is 4.50 Å². The van der Waals surface area contributed by atoms with Crippen molar-refractivity contribution >= 4 is 26.1 Å². The molecule has 0 bridgehead atoms.